The summed E-state index contributed by atoms with van der Waals surface area (Å²) in [6, 6.07) is 0.0945. The second-order valence-corrected chi connectivity index (χ2v) is 5.03. The SMILES string of the molecule is CC(CNC(=O)NCCOCC(=O)O)N1CCCCC1. The van der Waals surface area contributed by atoms with Crippen LogP contribution in [-0.4, -0.2) is 67.4 Å². The summed E-state index contributed by atoms with van der Waals surface area (Å²) >= 11 is 0. The second kappa shape index (κ2) is 9.55. The normalized spacial score (nSPS) is 17.4. The van der Waals surface area contributed by atoms with E-state index in [4.69, 9.17) is 9.84 Å². The zero-order valence-electron chi connectivity index (χ0n) is 12.1. The number of carbonyl (C=O) groups is 2. The van der Waals surface area contributed by atoms with E-state index in [0.29, 0.717) is 19.1 Å². The molecule has 3 N–H and O–H groups in total. The molecular formula is C13H25N3O4. The summed E-state index contributed by atoms with van der Waals surface area (Å²) in [5.74, 6) is -1.01. The van der Waals surface area contributed by atoms with Crippen LogP contribution in [0.5, 0.6) is 0 Å². The highest BCUT2D eigenvalue weighted by Gasteiger charge is 2.16. The molecule has 1 saturated heterocycles. The lowest BCUT2D eigenvalue weighted by Gasteiger charge is -2.32. The number of carbonyl (C=O) groups excluding carboxylic acids is 1. The van der Waals surface area contributed by atoms with Gasteiger partial charge >= 0.3 is 12.0 Å². The molecule has 1 aliphatic rings. The van der Waals surface area contributed by atoms with Crippen molar-refractivity contribution in [3.05, 3.63) is 0 Å². The van der Waals surface area contributed by atoms with E-state index in [0.717, 1.165) is 13.1 Å². The molecule has 1 heterocycles. The smallest absolute Gasteiger partial charge is 0.329 e. The monoisotopic (exact) mass is 287 g/mol. The zero-order chi connectivity index (χ0) is 14.8. The Balaban J connectivity index is 2.02. The Kier molecular flexibility index (Phi) is 7.98. The zero-order valence-corrected chi connectivity index (χ0v) is 12.1. The van der Waals surface area contributed by atoms with Crippen molar-refractivity contribution in [2.24, 2.45) is 0 Å². The van der Waals surface area contributed by atoms with Gasteiger partial charge in [-0.05, 0) is 32.9 Å². The number of ether oxygens (including phenoxy) is 1. The van der Waals surface area contributed by atoms with E-state index in [1.165, 1.54) is 19.3 Å². The molecule has 0 aromatic heterocycles. The van der Waals surface area contributed by atoms with Gasteiger partial charge in [-0.3, -0.25) is 4.90 Å². The fourth-order valence-corrected chi connectivity index (χ4v) is 2.19. The van der Waals surface area contributed by atoms with Crippen LogP contribution in [0.15, 0.2) is 0 Å². The van der Waals surface area contributed by atoms with Gasteiger partial charge in [0.1, 0.15) is 6.61 Å². The van der Waals surface area contributed by atoms with Crippen molar-refractivity contribution in [1.82, 2.24) is 15.5 Å². The van der Waals surface area contributed by atoms with Crippen LogP contribution in [0, 0.1) is 0 Å². The molecule has 1 fully saturated rings. The van der Waals surface area contributed by atoms with Crippen molar-refractivity contribution in [3.8, 4) is 0 Å². The van der Waals surface area contributed by atoms with E-state index in [2.05, 4.69) is 22.5 Å². The van der Waals surface area contributed by atoms with Crippen LogP contribution in [0.25, 0.3) is 0 Å². The van der Waals surface area contributed by atoms with Crippen molar-refractivity contribution in [3.63, 3.8) is 0 Å². The largest absolute Gasteiger partial charge is 0.480 e. The molecule has 0 aliphatic carbocycles. The number of piperidine rings is 1. The number of nitrogens with one attached hydrogen (secondary N) is 2. The van der Waals surface area contributed by atoms with Gasteiger partial charge < -0.3 is 20.5 Å². The number of hydrogen-bond donors (Lipinski definition) is 3. The molecule has 20 heavy (non-hydrogen) atoms. The Hall–Kier alpha value is -1.34. The molecule has 1 atom stereocenters. The number of likely N-dealkylation sites (tertiary alicyclic amines) is 1. The molecule has 2 amide bonds. The summed E-state index contributed by atoms with van der Waals surface area (Å²) in [7, 11) is 0. The van der Waals surface area contributed by atoms with Crippen LogP contribution in [0.3, 0.4) is 0 Å². The molecule has 1 aliphatic heterocycles. The average molecular weight is 287 g/mol. The lowest BCUT2D eigenvalue weighted by atomic mass is 10.1. The van der Waals surface area contributed by atoms with Crippen LogP contribution in [-0.2, 0) is 9.53 Å². The summed E-state index contributed by atoms with van der Waals surface area (Å²) in [5.41, 5.74) is 0. The third-order valence-electron chi connectivity index (χ3n) is 3.33. The number of amides is 2. The number of hydrogen-bond acceptors (Lipinski definition) is 4. The highest BCUT2D eigenvalue weighted by molar-refractivity contribution is 5.73. The van der Waals surface area contributed by atoms with Crippen LogP contribution < -0.4 is 10.6 Å². The second-order valence-electron chi connectivity index (χ2n) is 5.03. The molecule has 7 nitrogen and oxygen atoms in total. The highest BCUT2D eigenvalue weighted by atomic mass is 16.5. The third kappa shape index (κ3) is 7.30. The Morgan fingerprint density at radius 3 is 2.60 bits per heavy atom. The Labute approximate surface area is 119 Å². The Morgan fingerprint density at radius 1 is 1.25 bits per heavy atom. The molecule has 0 spiro atoms. The highest BCUT2D eigenvalue weighted by Crippen LogP contribution is 2.11. The van der Waals surface area contributed by atoms with Crippen molar-refractivity contribution >= 4 is 12.0 Å². The molecule has 116 valence electrons. The number of urea groups is 1. The summed E-state index contributed by atoms with van der Waals surface area (Å²) in [6.45, 7) is 5.10. The van der Waals surface area contributed by atoms with E-state index in [-0.39, 0.29) is 19.2 Å². The van der Waals surface area contributed by atoms with Gasteiger partial charge in [0.25, 0.3) is 0 Å². The summed E-state index contributed by atoms with van der Waals surface area (Å²) < 4.78 is 4.82. The number of rotatable bonds is 8. The standard InChI is InChI=1S/C13H25N3O4/c1-11(16-6-3-2-4-7-16)9-15-13(19)14-5-8-20-10-12(17)18/h11H,2-10H2,1H3,(H,17,18)(H2,14,15,19). The quantitative estimate of drug-likeness (QED) is 0.557. The molecular weight excluding hydrogens is 262 g/mol. The van der Waals surface area contributed by atoms with Gasteiger partial charge in [-0.2, -0.15) is 0 Å². The minimum atomic E-state index is -1.01. The molecule has 0 aromatic carbocycles. The van der Waals surface area contributed by atoms with Crippen molar-refractivity contribution in [2.45, 2.75) is 32.2 Å². The summed E-state index contributed by atoms with van der Waals surface area (Å²) in [6.07, 6.45) is 3.77. The Bertz CT molecular complexity index is 306. The predicted octanol–water partition coefficient (Wildman–Crippen LogP) is 0.261. The minimum absolute atomic E-state index is 0.196. The third-order valence-corrected chi connectivity index (χ3v) is 3.33. The predicted molar refractivity (Wildman–Crippen MR) is 74.7 cm³/mol. The van der Waals surface area contributed by atoms with Gasteiger partial charge in [-0.1, -0.05) is 6.42 Å². The molecule has 0 saturated carbocycles. The van der Waals surface area contributed by atoms with Gasteiger partial charge in [0.15, 0.2) is 0 Å². The van der Waals surface area contributed by atoms with Crippen LogP contribution >= 0.6 is 0 Å². The summed E-state index contributed by atoms with van der Waals surface area (Å²) in [5, 5.41) is 13.8. The summed E-state index contributed by atoms with van der Waals surface area (Å²) in [4.78, 5) is 24.1. The number of aliphatic carboxylic acids is 1. The lowest BCUT2D eigenvalue weighted by molar-refractivity contribution is -0.142. The van der Waals surface area contributed by atoms with Crippen LogP contribution in [0.2, 0.25) is 0 Å². The fraction of sp³-hybridized carbons (Fsp3) is 0.846. The Morgan fingerprint density at radius 2 is 1.95 bits per heavy atom. The molecule has 0 bridgehead atoms. The molecule has 0 radical (unpaired) electrons. The van der Waals surface area contributed by atoms with E-state index in [9.17, 15) is 9.59 Å². The maximum absolute atomic E-state index is 11.5. The van der Waals surface area contributed by atoms with Crippen LogP contribution in [0.4, 0.5) is 4.79 Å². The van der Waals surface area contributed by atoms with Gasteiger partial charge in [0.05, 0.1) is 6.61 Å². The van der Waals surface area contributed by atoms with Crippen molar-refractivity contribution < 1.29 is 19.4 Å². The van der Waals surface area contributed by atoms with E-state index < -0.39 is 5.97 Å². The lowest BCUT2D eigenvalue weighted by Crippen LogP contribution is -2.47. The first-order valence-corrected chi connectivity index (χ1v) is 7.15. The number of carboxylic acids is 1. The van der Waals surface area contributed by atoms with Gasteiger partial charge in [0.2, 0.25) is 0 Å². The fourth-order valence-electron chi connectivity index (χ4n) is 2.19. The molecule has 0 aromatic rings. The topological polar surface area (TPSA) is 90.9 Å². The minimum Gasteiger partial charge on any atom is -0.480 e. The number of carboxylic acid groups (broad SMARTS) is 1. The average Bonchev–Trinajstić information content (AvgIpc) is 2.45. The number of nitrogens with zero attached hydrogens (tertiary/aromatic N) is 1. The van der Waals surface area contributed by atoms with Crippen molar-refractivity contribution in [2.75, 3.05) is 39.4 Å². The first kappa shape index (κ1) is 16.7. The van der Waals surface area contributed by atoms with E-state index in [1.807, 2.05) is 0 Å². The molecule has 7 heteroatoms. The molecule has 1 unspecified atom stereocenters. The first-order valence-electron chi connectivity index (χ1n) is 7.15. The van der Waals surface area contributed by atoms with Gasteiger partial charge in [0, 0.05) is 19.1 Å². The molecule has 1 rings (SSSR count). The van der Waals surface area contributed by atoms with Crippen LogP contribution in [0.1, 0.15) is 26.2 Å². The first-order chi connectivity index (χ1) is 9.59. The van der Waals surface area contributed by atoms with Gasteiger partial charge in [-0.25, -0.2) is 9.59 Å². The maximum atomic E-state index is 11.5. The van der Waals surface area contributed by atoms with E-state index in [1.54, 1.807) is 0 Å². The van der Waals surface area contributed by atoms with Crippen molar-refractivity contribution in [1.29, 1.82) is 0 Å². The maximum Gasteiger partial charge on any atom is 0.329 e. The van der Waals surface area contributed by atoms with Gasteiger partial charge in [-0.15, -0.1) is 0 Å². The van der Waals surface area contributed by atoms with E-state index >= 15 is 0 Å².